The lowest BCUT2D eigenvalue weighted by molar-refractivity contribution is 0.0781. The largest absolute Gasteiger partial charge is 0.357 e. The maximum atomic E-state index is 3.67. The summed E-state index contributed by atoms with van der Waals surface area (Å²) in [7, 11) is 3.67. The number of hydrogen-bond donors (Lipinski definition) is 1. The minimum absolute atomic E-state index is 0.238. The van der Waals surface area contributed by atoms with Crippen molar-refractivity contribution in [2.75, 3.05) is 31.5 Å². The molecule has 19 heavy (non-hydrogen) atoms. The monoisotopic (exact) mass is 276 g/mol. The van der Waals surface area contributed by atoms with E-state index < -0.39 is 0 Å². The first-order valence-corrected chi connectivity index (χ1v) is 7.73. The molecule has 0 amide bonds. The summed E-state index contributed by atoms with van der Waals surface area (Å²) in [6, 6.07) is 8.29. The number of rotatable bonds is 8. The Hall–Kier alpha value is -0.843. The average molecular weight is 276 g/mol. The van der Waals surface area contributed by atoms with Gasteiger partial charge in [-0.25, -0.2) is 0 Å². The average Bonchev–Trinajstić information content (AvgIpc) is 2.43. The van der Waals surface area contributed by atoms with Crippen LogP contribution >= 0.6 is 0 Å². The molecule has 0 aliphatic heterocycles. The van der Waals surface area contributed by atoms with Crippen LogP contribution in [0, 0.1) is 0 Å². The van der Waals surface area contributed by atoms with Gasteiger partial charge in [-0.05, 0) is 37.4 Å². The second kappa shape index (κ2) is 8.35. The fourth-order valence-corrected chi connectivity index (χ4v) is 2.55. The van der Waals surface area contributed by atoms with Crippen molar-refractivity contribution in [2.24, 2.45) is 0 Å². The number of nitrogens with one attached hydrogen (secondary N) is 1. The van der Waals surface area contributed by atoms with Crippen LogP contribution in [0.25, 0.3) is 0 Å². The fraction of sp³-hybridized carbons (Fsp3) is 0.600. The predicted octanol–water partition coefficient (Wildman–Crippen LogP) is 1.86. The molecule has 0 unspecified atom stereocenters. The number of benzene rings is 1. The lowest BCUT2D eigenvalue weighted by Gasteiger charge is -2.39. The van der Waals surface area contributed by atoms with Gasteiger partial charge in [0.25, 0.3) is 0 Å². The Morgan fingerprint density at radius 2 is 1.42 bits per heavy atom. The first-order chi connectivity index (χ1) is 9.17. The van der Waals surface area contributed by atoms with Gasteiger partial charge in [0, 0.05) is 5.69 Å². The van der Waals surface area contributed by atoms with E-state index in [1.165, 1.54) is 0 Å². The highest BCUT2D eigenvalue weighted by Crippen LogP contribution is 2.11. The second-order valence-corrected chi connectivity index (χ2v) is 5.04. The summed E-state index contributed by atoms with van der Waals surface area (Å²) in [6.07, 6.45) is 0.238. The van der Waals surface area contributed by atoms with E-state index >= 15 is 0 Å². The molecule has 0 bridgehead atoms. The van der Waals surface area contributed by atoms with Crippen molar-refractivity contribution < 1.29 is 0 Å². The summed E-state index contributed by atoms with van der Waals surface area (Å²) in [5, 5.41) is 4.76. The third-order valence-electron chi connectivity index (χ3n) is 3.53. The van der Waals surface area contributed by atoms with E-state index in [-0.39, 0.29) is 6.29 Å². The van der Waals surface area contributed by atoms with Gasteiger partial charge in [0.05, 0.1) is 10.2 Å². The number of hydrogen-bond acceptors (Lipinski definition) is 3. The van der Waals surface area contributed by atoms with E-state index in [0.29, 0.717) is 0 Å². The highest BCUT2D eigenvalue weighted by atomic mass is 28.1. The normalized spacial score (nSPS) is 11.6. The van der Waals surface area contributed by atoms with Gasteiger partial charge >= 0.3 is 0 Å². The number of nitrogens with zero attached hydrogens (tertiary/aromatic N) is 2. The molecule has 0 aliphatic carbocycles. The van der Waals surface area contributed by atoms with Crippen LogP contribution in [0.15, 0.2) is 24.3 Å². The molecule has 1 N–H and O–H groups in total. The Kier molecular flexibility index (Phi) is 7.13. The molecule has 3 radical (unpaired) electrons. The van der Waals surface area contributed by atoms with Gasteiger partial charge in [0.2, 0.25) is 0 Å². The first-order valence-electron chi connectivity index (χ1n) is 7.23. The number of anilines is 1. The van der Waals surface area contributed by atoms with Crippen LogP contribution in [-0.4, -0.2) is 52.5 Å². The third kappa shape index (κ3) is 4.33. The van der Waals surface area contributed by atoms with Crippen LogP contribution in [0.4, 0.5) is 5.69 Å². The molecule has 105 valence electrons. The third-order valence-corrected chi connectivity index (χ3v) is 3.96. The van der Waals surface area contributed by atoms with Crippen LogP contribution in [-0.2, 0) is 0 Å². The van der Waals surface area contributed by atoms with Crippen molar-refractivity contribution in [1.82, 2.24) is 9.80 Å². The Balaban J connectivity index is 2.93. The lowest BCUT2D eigenvalue weighted by Crippen LogP contribution is -2.53. The van der Waals surface area contributed by atoms with Gasteiger partial charge in [0.15, 0.2) is 0 Å². The van der Waals surface area contributed by atoms with Crippen molar-refractivity contribution in [3.05, 3.63) is 24.3 Å². The SMILES string of the molecule is CCN(CC)C(Nc1ccccc1[Si])N(CC)CC. The van der Waals surface area contributed by atoms with E-state index in [1.807, 2.05) is 6.07 Å². The van der Waals surface area contributed by atoms with Crippen LogP contribution in [0.5, 0.6) is 0 Å². The summed E-state index contributed by atoms with van der Waals surface area (Å²) >= 11 is 0. The van der Waals surface area contributed by atoms with Crippen molar-refractivity contribution in [1.29, 1.82) is 0 Å². The van der Waals surface area contributed by atoms with Gasteiger partial charge in [-0.1, -0.05) is 45.9 Å². The van der Waals surface area contributed by atoms with E-state index in [0.717, 1.165) is 37.1 Å². The van der Waals surface area contributed by atoms with Gasteiger partial charge < -0.3 is 5.32 Å². The Morgan fingerprint density at radius 1 is 0.947 bits per heavy atom. The Morgan fingerprint density at radius 3 is 1.84 bits per heavy atom. The minimum Gasteiger partial charge on any atom is -0.357 e. The molecular formula is C15H26N3Si. The Labute approximate surface area is 121 Å². The van der Waals surface area contributed by atoms with Crippen LogP contribution in [0.2, 0.25) is 0 Å². The summed E-state index contributed by atoms with van der Waals surface area (Å²) in [6.45, 7) is 13.0. The molecule has 0 saturated heterocycles. The van der Waals surface area contributed by atoms with Crippen molar-refractivity contribution in [2.45, 2.75) is 34.0 Å². The van der Waals surface area contributed by atoms with Crippen molar-refractivity contribution >= 4 is 21.1 Å². The van der Waals surface area contributed by atoms with Crippen molar-refractivity contribution in [3.63, 3.8) is 0 Å². The van der Waals surface area contributed by atoms with Gasteiger partial charge in [-0.3, -0.25) is 9.80 Å². The highest BCUT2D eigenvalue weighted by molar-refractivity contribution is 6.35. The summed E-state index contributed by atoms with van der Waals surface area (Å²) < 4.78 is 0. The molecule has 0 aliphatic rings. The van der Waals surface area contributed by atoms with Crippen LogP contribution < -0.4 is 10.5 Å². The topological polar surface area (TPSA) is 18.5 Å². The molecule has 0 spiro atoms. The quantitative estimate of drug-likeness (QED) is 0.577. The van der Waals surface area contributed by atoms with E-state index in [2.05, 4.69) is 71.3 Å². The zero-order valence-electron chi connectivity index (χ0n) is 12.6. The smallest absolute Gasteiger partial charge is 0.137 e. The summed E-state index contributed by atoms with van der Waals surface area (Å²) in [5.74, 6) is 0. The molecular weight excluding hydrogens is 250 g/mol. The fourth-order valence-electron chi connectivity index (χ4n) is 2.30. The molecule has 4 heteroatoms. The van der Waals surface area contributed by atoms with Gasteiger partial charge in [0.1, 0.15) is 6.29 Å². The standard InChI is InChI=1S/C15H26N3Si/c1-5-17(6-2)15(18(7-3)8-4)16-13-11-9-10-12-14(13)19/h9-12,15-16H,5-8H2,1-4H3. The lowest BCUT2D eigenvalue weighted by atomic mass is 10.3. The molecule has 0 aromatic heterocycles. The van der Waals surface area contributed by atoms with E-state index in [9.17, 15) is 0 Å². The maximum Gasteiger partial charge on any atom is 0.137 e. The second-order valence-electron chi connectivity index (χ2n) is 4.51. The van der Waals surface area contributed by atoms with E-state index in [1.54, 1.807) is 0 Å². The molecule has 1 rings (SSSR count). The molecule has 3 nitrogen and oxygen atoms in total. The van der Waals surface area contributed by atoms with E-state index in [4.69, 9.17) is 0 Å². The number of para-hydroxylation sites is 1. The van der Waals surface area contributed by atoms with Crippen LogP contribution in [0.1, 0.15) is 27.7 Å². The molecule has 0 saturated carbocycles. The minimum atomic E-state index is 0.238. The molecule has 1 aromatic rings. The van der Waals surface area contributed by atoms with Crippen LogP contribution in [0.3, 0.4) is 0 Å². The molecule has 0 fully saturated rings. The first kappa shape index (κ1) is 16.2. The predicted molar refractivity (Wildman–Crippen MR) is 85.1 cm³/mol. The highest BCUT2D eigenvalue weighted by Gasteiger charge is 2.21. The summed E-state index contributed by atoms with van der Waals surface area (Å²) in [5.41, 5.74) is 1.14. The van der Waals surface area contributed by atoms with Gasteiger partial charge in [-0.2, -0.15) is 0 Å². The van der Waals surface area contributed by atoms with Crippen molar-refractivity contribution in [3.8, 4) is 0 Å². The summed E-state index contributed by atoms with van der Waals surface area (Å²) in [4.78, 5) is 4.87. The molecule has 0 heterocycles. The molecule has 0 atom stereocenters. The maximum absolute atomic E-state index is 3.67. The molecule has 1 aromatic carbocycles. The zero-order chi connectivity index (χ0) is 14.3. The zero-order valence-corrected chi connectivity index (χ0v) is 13.6. The van der Waals surface area contributed by atoms with Gasteiger partial charge in [-0.15, -0.1) is 0 Å². The Bertz CT molecular complexity index is 350.